The number of aryl methyl sites for hydroxylation is 1. The van der Waals surface area contributed by atoms with Gasteiger partial charge in [-0.1, -0.05) is 87.9 Å². The van der Waals surface area contributed by atoms with E-state index < -0.39 is 0 Å². The van der Waals surface area contributed by atoms with Crippen LogP contribution >= 0.6 is 0 Å². The van der Waals surface area contributed by atoms with Crippen molar-refractivity contribution in [3.63, 3.8) is 0 Å². The number of nitrogens with zero attached hydrogens (tertiary/aromatic N) is 2. The molecule has 3 aromatic rings. The maximum absolute atomic E-state index is 5.92. The number of ether oxygens (including phenoxy) is 1. The second-order valence-corrected chi connectivity index (χ2v) is 7.63. The fourth-order valence-electron chi connectivity index (χ4n) is 3.46. The smallest absolute Gasteiger partial charge is 0.238 e. The van der Waals surface area contributed by atoms with Gasteiger partial charge in [0, 0.05) is 12.6 Å². The highest BCUT2D eigenvalue weighted by atomic mass is 16.5. The lowest BCUT2D eigenvalue weighted by atomic mass is 10.0. The molecule has 0 aliphatic rings. The van der Waals surface area contributed by atoms with Crippen LogP contribution in [0.25, 0.3) is 0 Å². The van der Waals surface area contributed by atoms with Crippen molar-refractivity contribution in [2.24, 2.45) is 0 Å². The summed E-state index contributed by atoms with van der Waals surface area (Å²) in [7, 11) is 0. The first-order valence-electron chi connectivity index (χ1n) is 10.9. The standard InChI is InChI=1S/C26H32N2O/c1-2-3-4-5-6-7-9-12-22-15-17-25(18-16-22)29-26-21-27-20-24(28-26)19-23-13-10-8-11-14-23/h8,10-11,13-18,20-21H,2-7,9,12,19H2,1H3. The molecule has 0 aliphatic carbocycles. The van der Waals surface area contributed by atoms with Gasteiger partial charge in [-0.05, 0) is 36.1 Å². The molecule has 0 unspecified atom stereocenters. The molecule has 0 bridgehead atoms. The molecule has 0 atom stereocenters. The minimum absolute atomic E-state index is 0.540. The Labute approximate surface area is 175 Å². The van der Waals surface area contributed by atoms with E-state index in [2.05, 4.69) is 41.2 Å². The van der Waals surface area contributed by atoms with E-state index in [1.165, 1.54) is 56.1 Å². The second kappa shape index (κ2) is 12.0. The molecule has 0 fully saturated rings. The highest BCUT2D eigenvalue weighted by Crippen LogP contribution is 2.21. The van der Waals surface area contributed by atoms with Gasteiger partial charge in [0.1, 0.15) is 5.75 Å². The molecule has 152 valence electrons. The van der Waals surface area contributed by atoms with Gasteiger partial charge in [0.2, 0.25) is 5.88 Å². The van der Waals surface area contributed by atoms with Crippen LogP contribution < -0.4 is 4.74 Å². The first kappa shape index (κ1) is 21.0. The SMILES string of the molecule is CCCCCCCCCc1ccc(Oc2cncc(Cc3ccccc3)n2)cc1. The molecule has 0 radical (unpaired) electrons. The Hall–Kier alpha value is -2.68. The van der Waals surface area contributed by atoms with Crippen LogP contribution in [0.5, 0.6) is 11.6 Å². The van der Waals surface area contributed by atoms with Gasteiger partial charge < -0.3 is 4.74 Å². The van der Waals surface area contributed by atoms with Crippen LogP contribution in [0.2, 0.25) is 0 Å². The van der Waals surface area contributed by atoms with Gasteiger partial charge in [-0.2, -0.15) is 0 Å². The van der Waals surface area contributed by atoms with Gasteiger partial charge in [0.15, 0.2) is 0 Å². The van der Waals surface area contributed by atoms with Crippen molar-refractivity contribution in [2.75, 3.05) is 0 Å². The Morgan fingerprint density at radius 3 is 2.21 bits per heavy atom. The van der Waals surface area contributed by atoms with Crippen LogP contribution in [0.3, 0.4) is 0 Å². The molecular formula is C26H32N2O. The van der Waals surface area contributed by atoms with E-state index >= 15 is 0 Å². The van der Waals surface area contributed by atoms with E-state index in [4.69, 9.17) is 4.74 Å². The van der Waals surface area contributed by atoms with E-state index in [1.54, 1.807) is 12.4 Å². The van der Waals surface area contributed by atoms with Crippen LogP contribution in [0.1, 0.15) is 68.7 Å². The Bertz CT molecular complexity index is 831. The van der Waals surface area contributed by atoms with E-state index in [1.807, 2.05) is 30.3 Å². The summed E-state index contributed by atoms with van der Waals surface area (Å²) in [6, 6.07) is 18.7. The van der Waals surface area contributed by atoms with Crippen molar-refractivity contribution < 1.29 is 4.74 Å². The number of unbranched alkanes of at least 4 members (excludes halogenated alkanes) is 6. The Kier molecular flexibility index (Phi) is 8.71. The van der Waals surface area contributed by atoms with Gasteiger partial charge in [-0.15, -0.1) is 0 Å². The summed E-state index contributed by atoms with van der Waals surface area (Å²) in [4.78, 5) is 8.88. The first-order valence-corrected chi connectivity index (χ1v) is 10.9. The van der Waals surface area contributed by atoms with Crippen LogP contribution in [0.15, 0.2) is 67.0 Å². The number of rotatable bonds is 12. The van der Waals surface area contributed by atoms with Gasteiger partial charge in [0.25, 0.3) is 0 Å². The van der Waals surface area contributed by atoms with Gasteiger partial charge >= 0.3 is 0 Å². The second-order valence-electron chi connectivity index (χ2n) is 7.63. The van der Waals surface area contributed by atoms with Crippen molar-refractivity contribution in [3.05, 3.63) is 83.8 Å². The number of hydrogen-bond donors (Lipinski definition) is 0. The third-order valence-electron chi connectivity index (χ3n) is 5.11. The number of hydrogen-bond acceptors (Lipinski definition) is 3. The molecular weight excluding hydrogens is 356 g/mol. The Morgan fingerprint density at radius 2 is 1.45 bits per heavy atom. The van der Waals surface area contributed by atoms with Gasteiger partial charge in [0.05, 0.1) is 11.9 Å². The predicted molar refractivity (Wildman–Crippen MR) is 119 cm³/mol. The van der Waals surface area contributed by atoms with Crippen LogP contribution in [-0.2, 0) is 12.8 Å². The van der Waals surface area contributed by atoms with Crippen LogP contribution in [0, 0.1) is 0 Å². The van der Waals surface area contributed by atoms with Gasteiger partial charge in [-0.25, -0.2) is 4.98 Å². The zero-order valence-electron chi connectivity index (χ0n) is 17.5. The number of benzene rings is 2. The van der Waals surface area contributed by atoms with Crippen LogP contribution in [-0.4, -0.2) is 9.97 Å². The Balaban J connectivity index is 1.45. The van der Waals surface area contributed by atoms with Crippen molar-refractivity contribution in [1.29, 1.82) is 0 Å². The minimum atomic E-state index is 0.540. The van der Waals surface area contributed by atoms with Gasteiger partial charge in [-0.3, -0.25) is 4.98 Å². The molecule has 0 amide bonds. The van der Waals surface area contributed by atoms with Crippen molar-refractivity contribution >= 4 is 0 Å². The highest BCUT2D eigenvalue weighted by Gasteiger charge is 2.04. The average Bonchev–Trinajstić information content (AvgIpc) is 2.75. The third-order valence-corrected chi connectivity index (χ3v) is 5.11. The molecule has 0 spiro atoms. The van der Waals surface area contributed by atoms with Crippen molar-refractivity contribution in [1.82, 2.24) is 9.97 Å². The summed E-state index contributed by atoms with van der Waals surface area (Å²) < 4.78 is 5.92. The summed E-state index contributed by atoms with van der Waals surface area (Å²) in [5.74, 6) is 1.35. The number of aromatic nitrogens is 2. The minimum Gasteiger partial charge on any atom is -0.437 e. The lowest BCUT2D eigenvalue weighted by Gasteiger charge is -2.08. The fraction of sp³-hybridized carbons (Fsp3) is 0.385. The topological polar surface area (TPSA) is 35.0 Å². The van der Waals surface area contributed by atoms with Crippen LogP contribution in [0.4, 0.5) is 0 Å². The first-order chi connectivity index (χ1) is 14.3. The molecule has 0 aliphatic heterocycles. The molecule has 0 N–H and O–H groups in total. The molecule has 0 saturated heterocycles. The van der Waals surface area contributed by atoms with E-state index in [9.17, 15) is 0 Å². The summed E-state index contributed by atoms with van der Waals surface area (Å²) in [5.41, 5.74) is 3.49. The lowest BCUT2D eigenvalue weighted by molar-refractivity contribution is 0.458. The lowest BCUT2D eigenvalue weighted by Crippen LogP contribution is -1.96. The maximum atomic E-state index is 5.92. The molecule has 3 rings (SSSR count). The summed E-state index contributed by atoms with van der Waals surface area (Å²) in [5, 5.41) is 0. The Morgan fingerprint density at radius 1 is 0.724 bits per heavy atom. The molecule has 2 aromatic carbocycles. The monoisotopic (exact) mass is 388 g/mol. The largest absolute Gasteiger partial charge is 0.437 e. The fourth-order valence-corrected chi connectivity index (χ4v) is 3.46. The zero-order valence-corrected chi connectivity index (χ0v) is 17.5. The van der Waals surface area contributed by atoms with E-state index in [-0.39, 0.29) is 0 Å². The predicted octanol–water partition coefficient (Wildman–Crippen LogP) is 7.15. The quantitative estimate of drug-likeness (QED) is 0.309. The van der Waals surface area contributed by atoms with E-state index in [0.717, 1.165) is 24.3 Å². The van der Waals surface area contributed by atoms with Crippen molar-refractivity contribution in [2.45, 2.75) is 64.7 Å². The average molecular weight is 389 g/mol. The molecule has 3 nitrogen and oxygen atoms in total. The van der Waals surface area contributed by atoms with E-state index in [0.29, 0.717) is 5.88 Å². The summed E-state index contributed by atoms with van der Waals surface area (Å²) in [6.45, 7) is 2.27. The molecule has 29 heavy (non-hydrogen) atoms. The molecule has 3 heteroatoms. The molecule has 1 heterocycles. The summed E-state index contributed by atoms with van der Waals surface area (Å²) in [6.07, 6.45) is 14.8. The summed E-state index contributed by atoms with van der Waals surface area (Å²) >= 11 is 0. The third kappa shape index (κ3) is 7.69. The molecule has 1 aromatic heterocycles. The maximum Gasteiger partial charge on any atom is 0.238 e. The van der Waals surface area contributed by atoms with Crippen molar-refractivity contribution in [3.8, 4) is 11.6 Å². The zero-order chi connectivity index (χ0) is 20.2. The normalized spacial score (nSPS) is 10.8. The highest BCUT2D eigenvalue weighted by molar-refractivity contribution is 5.30. The molecule has 0 saturated carbocycles.